The molecule has 0 fully saturated rings. The second-order valence-corrected chi connectivity index (χ2v) is 1.09. The SMILES string of the molecule is S=c1[n-]nn[nH]1.[V]. The Morgan fingerprint density at radius 3 is 2.57 bits per heavy atom. The Hall–Kier alpha value is -0.126. The molecule has 1 aromatic heterocycles. The second-order valence-electron chi connectivity index (χ2n) is 0.706. The molecule has 0 saturated carbocycles. The molecule has 0 unspecified atom stereocenters. The van der Waals surface area contributed by atoms with E-state index >= 15 is 0 Å². The summed E-state index contributed by atoms with van der Waals surface area (Å²) < 4.78 is 0.329. The van der Waals surface area contributed by atoms with Crippen LogP contribution < -0.4 is 5.10 Å². The van der Waals surface area contributed by atoms with E-state index in [0.717, 1.165) is 0 Å². The number of nitrogens with one attached hydrogen (secondary N) is 1. The first-order valence-corrected chi connectivity index (χ1v) is 1.71. The molecule has 0 spiro atoms. The van der Waals surface area contributed by atoms with E-state index in [1.54, 1.807) is 0 Å². The standard InChI is InChI=1S/CH2N4S.V/c6-1-2-4-5-3-1;/h(H2,2,3,4,5,6);/p-1. The molecular formula is CHN4SV-. The molecule has 0 atom stereocenters. The van der Waals surface area contributed by atoms with E-state index in [2.05, 4.69) is 32.8 Å². The number of nitrogens with zero attached hydrogens (tertiary/aromatic N) is 3. The van der Waals surface area contributed by atoms with Crippen LogP contribution in [0.25, 0.3) is 0 Å². The second kappa shape index (κ2) is 2.95. The minimum absolute atomic E-state index is 0. The van der Waals surface area contributed by atoms with Crippen molar-refractivity contribution in [1.29, 1.82) is 0 Å². The van der Waals surface area contributed by atoms with Gasteiger partial charge >= 0.3 is 0 Å². The zero-order chi connectivity index (χ0) is 4.41. The largest absolute Gasteiger partial charge is 0.379 e. The monoisotopic (exact) mass is 152 g/mol. The molecule has 1 heterocycles. The first-order chi connectivity index (χ1) is 2.89. The third-order valence-electron chi connectivity index (χ3n) is 0.326. The van der Waals surface area contributed by atoms with Crippen LogP contribution in [-0.4, -0.2) is 15.5 Å². The van der Waals surface area contributed by atoms with Crippen LogP contribution >= 0.6 is 12.2 Å². The molecule has 0 saturated heterocycles. The average molecular weight is 152 g/mol. The number of aromatic nitrogens is 4. The van der Waals surface area contributed by atoms with E-state index in [1.807, 2.05) is 0 Å². The molecule has 7 heavy (non-hydrogen) atoms. The Balaban J connectivity index is 0.000000360. The van der Waals surface area contributed by atoms with Crippen molar-refractivity contribution in [2.45, 2.75) is 0 Å². The minimum atomic E-state index is 0. The molecule has 1 radical (unpaired) electrons. The summed E-state index contributed by atoms with van der Waals surface area (Å²) in [5, 5.41) is 12.1. The van der Waals surface area contributed by atoms with Crippen LogP contribution in [0.2, 0.25) is 0 Å². The van der Waals surface area contributed by atoms with E-state index in [1.165, 1.54) is 0 Å². The van der Waals surface area contributed by atoms with Crippen LogP contribution in [0, 0.1) is 4.77 Å². The van der Waals surface area contributed by atoms with E-state index in [-0.39, 0.29) is 18.6 Å². The molecule has 0 aromatic carbocycles. The van der Waals surface area contributed by atoms with E-state index in [9.17, 15) is 0 Å². The van der Waals surface area contributed by atoms with Gasteiger partial charge in [-0.1, -0.05) is 12.2 Å². The van der Waals surface area contributed by atoms with Gasteiger partial charge in [0, 0.05) is 18.6 Å². The van der Waals surface area contributed by atoms with Crippen molar-refractivity contribution in [3.8, 4) is 0 Å². The molecule has 0 amide bonds. The maximum atomic E-state index is 4.45. The van der Waals surface area contributed by atoms with Crippen molar-refractivity contribution in [2.75, 3.05) is 0 Å². The van der Waals surface area contributed by atoms with E-state index in [0.29, 0.717) is 4.77 Å². The van der Waals surface area contributed by atoms with Crippen LogP contribution in [0.3, 0.4) is 0 Å². The summed E-state index contributed by atoms with van der Waals surface area (Å²) in [6.07, 6.45) is 0. The normalized spacial score (nSPS) is 7.43. The first kappa shape index (κ1) is 6.87. The number of hydrogen-bond donors (Lipinski definition) is 1. The van der Waals surface area contributed by atoms with Crippen LogP contribution in [0.5, 0.6) is 0 Å². The molecule has 0 bridgehead atoms. The zero-order valence-electron chi connectivity index (χ0n) is 3.20. The Labute approximate surface area is 56.6 Å². The van der Waals surface area contributed by atoms with Gasteiger partial charge in [0.2, 0.25) is 0 Å². The van der Waals surface area contributed by atoms with Crippen LogP contribution in [-0.2, 0) is 18.6 Å². The van der Waals surface area contributed by atoms with Gasteiger partial charge in [-0.3, -0.25) is 10.3 Å². The molecule has 0 aliphatic carbocycles. The summed E-state index contributed by atoms with van der Waals surface area (Å²) in [5.74, 6) is 0. The maximum absolute atomic E-state index is 4.45. The molecule has 4 nitrogen and oxygen atoms in total. The van der Waals surface area contributed by atoms with Gasteiger partial charge in [0.15, 0.2) is 0 Å². The van der Waals surface area contributed by atoms with Crippen molar-refractivity contribution in [3.63, 3.8) is 0 Å². The fourth-order valence-electron chi connectivity index (χ4n) is 0.150. The summed E-state index contributed by atoms with van der Waals surface area (Å²) in [6.45, 7) is 0. The van der Waals surface area contributed by atoms with Gasteiger partial charge in [-0.25, -0.2) is 0 Å². The number of tetrazole rings is 1. The summed E-state index contributed by atoms with van der Waals surface area (Å²) in [6, 6.07) is 0. The summed E-state index contributed by atoms with van der Waals surface area (Å²) >= 11 is 4.45. The Bertz CT molecular complexity index is 149. The molecule has 0 aliphatic rings. The fourth-order valence-corrected chi connectivity index (χ4v) is 0.228. The van der Waals surface area contributed by atoms with Crippen molar-refractivity contribution in [3.05, 3.63) is 4.77 Å². The third-order valence-corrected chi connectivity index (χ3v) is 0.499. The van der Waals surface area contributed by atoms with Crippen LogP contribution in [0.15, 0.2) is 0 Å². The van der Waals surface area contributed by atoms with Crippen LogP contribution in [0.1, 0.15) is 0 Å². The van der Waals surface area contributed by atoms with Crippen LogP contribution in [0.4, 0.5) is 0 Å². The van der Waals surface area contributed by atoms with Crippen molar-refractivity contribution in [1.82, 2.24) is 20.6 Å². The van der Waals surface area contributed by atoms with Gasteiger partial charge in [0.25, 0.3) is 0 Å². The van der Waals surface area contributed by atoms with Gasteiger partial charge in [-0.15, -0.1) is 0 Å². The Morgan fingerprint density at radius 2 is 2.43 bits per heavy atom. The van der Waals surface area contributed by atoms with Gasteiger partial charge < -0.3 is 5.10 Å². The third kappa shape index (κ3) is 1.87. The number of rotatable bonds is 0. The predicted octanol–water partition coefficient (Wildman–Crippen LogP) is -0.511. The fraction of sp³-hybridized carbons (Fsp3) is 0. The van der Waals surface area contributed by atoms with Crippen molar-refractivity contribution < 1.29 is 18.6 Å². The summed E-state index contributed by atoms with van der Waals surface area (Å²) in [7, 11) is 0. The molecule has 0 aliphatic heterocycles. The van der Waals surface area contributed by atoms with Gasteiger partial charge in [0.05, 0.1) is 4.77 Å². The molecule has 1 aromatic rings. The van der Waals surface area contributed by atoms with Gasteiger partial charge in [-0.2, -0.15) is 5.21 Å². The molecule has 1 rings (SSSR count). The topological polar surface area (TPSA) is 55.7 Å². The summed E-state index contributed by atoms with van der Waals surface area (Å²) in [4.78, 5) is 0. The quantitative estimate of drug-likeness (QED) is 0.508. The van der Waals surface area contributed by atoms with E-state index < -0.39 is 0 Å². The Kier molecular flexibility index (Phi) is 2.90. The van der Waals surface area contributed by atoms with Crippen molar-refractivity contribution >= 4 is 12.2 Å². The molecule has 6 heteroatoms. The smallest absolute Gasteiger partial charge is 0.0880 e. The average Bonchev–Trinajstić information content (AvgIpc) is 1.86. The number of hydrogen-bond acceptors (Lipinski definition) is 3. The maximum Gasteiger partial charge on any atom is 0.0880 e. The number of H-pyrrole nitrogens is 1. The predicted molar refractivity (Wildman–Crippen MR) is 20.5 cm³/mol. The molecule has 37 valence electrons. The van der Waals surface area contributed by atoms with E-state index in [4.69, 9.17) is 0 Å². The zero-order valence-corrected chi connectivity index (χ0v) is 5.41. The van der Waals surface area contributed by atoms with Gasteiger partial charge in [-0.05, 0) is 0 Å². The van der Waals surface area contributed by atoms with Gasteiger partial charge in [0.1, 0.15) is 0 Å². The molecule has 1 N–H and O–H groups in total. The number of aromatic amines is 1. The summed E-state index contributed by atoms with van der Waals surface area (Å²) in [5.41, 5.74) is 0. The van der Waals surface area contributed by atoms with Crippen molar-refractivity contribution in [2.24, 2.45) is 0 Å². The molecular weight excluding hydrogens is 151 g/mol. The Morgan fingerprint density at radius 1 is 1.71 bits per heavy atom. The first-order valence-electron chi connectivity index (χ1n) is 1.30. The minimum Gasteiger partial charge on any atom is -0.379 e.